The van der Waals surface area contributed by atoms with Crippen LogP contribution in [0.2, 0.25) is 0 Å². The van der Waals surface area contributed by atoms with Gasteiger partial charge in [0.1, 0.15) is 5.82 Å². The van der Waals surface area contributed by atoms with Crippen molar-refractivity contribution in [2.45, 2.75) is 52.5 Å². The second-order valence-corrected chi connectivity index (χ2v) is 6.30. The summed E-state index contributed by atoms with van der Waals surface area (Å²) in [6, 6.07) is 4.97. The van der Waals surface area contributed by atoms with E-state index in [1.807, 2.05) is 0 Å². The predicted octanol–water partition coefficient (Wildman–Crippen LogP) is 4.09. The summed E-state index contributed by atoms with van der Waals surface area (Å²) >= 11 is 0. The molecule has 1 aliphatic rings. The summed E-state index contributed by atoms with van der Waals surface area (Å²) in [7, 11) is 0. The van der Waals surface area contributed by atoms with Crippen LogP contribution in [0.25, 0.3) is 0 Å². The SMILES string of the molecule is CCCN1CCCCC1c1ccc(NCC(C)C)nc1. The van der Waals surface area contributed by atoms with Gasteiger partial charge >= 0.3 is 0 Å². The molecule has 1 N–H and O–H groups in total. The van der Waals surface area contributed by atoms with Crippen LogP contribution in [0.4, 0.5) is 5.82 Å². The molecule has 1 aliphatic heterocycles. The summed E-state index contributed by atoms with van der Waals surface area (Å²) in [5.41, 5.74) is 1.38. The molecule has 0 bridgehead atoms. The van der Waals surface area contributed by atoms with Crippen LogP contribution in [0.1, 0.15) is 58.1 Å². The molecule has 1 atom stereocenters. The van der Waals surface area contributed by atoms with Crippen LogP contribution in [0.5, 0.6) is 0 Å². The van der Waals surface area contributed by atoms with Gasteiger partial charge < -0.3 is 5.32 Å². The molecule has 0 aliphatic carbocycles. The number of likely N-dealkylation sites (tertiary alicyclic amines) is 1. The van der Waals surface area contributed by atoms with Gasteiger partial charge in [0, 0.05) is 18.8 Å². The van der Waals surface area contributed by atoms with Gasteiger partial charge in [-0.1, -0.05) is 33.3 Å². The van der Waals surface area contributed by atoms with Crippen molar-refractivity contribution in [3.05, 3.63) is 23.9 Å². The van der Waals surface area contributed by atoms with Crippen molar-refractivity contribution in [3.63, 3.8) is 0 Å². The number of pyridine rings is 1. The van der Waals surface area contributed by atoms with E-state index >= 15 is 0 Å². The smallest absolute Gasteiger partial charge is 0.125 e. The van der Waals surface area contributed by atoms with Crippen molar-refractivity contribution in [2.75, 3.05) is 25.0 Å². The minimum Gasteiger partial charge on any atom is -0.370 e. The molecule has 112 valence electrons. The zero-order valence-electron chi connectivity index (χ0n) is 13.2. The third-order valence-corrected chi connectivity index (χ3v) is 3.99. The molecule has 1 aromatic rings. The molecule has 0 radical (unpaired) electrons. The topological polar surface area (TPSA) is 28.2 Å². The standard InChI is InChI=1S/C17H29N3/c1-4-10-20-11-6-5-7-16(20)15-8-9-17(19-13-15)18-12-14(2)3/h8-9,13-14,16H,4-7,10-12H2,1-3H3,(H,18,19). The summed E-state index contributed by atoms with van der Waals surface area (Å²) in [5, 5.41) is 3.39. The lowest BCUT2D eigenvalue weighted by Crippen LogP contribution is -2.34. The maximum Gasteiger partial charge on any atom is 0.125 e. The second-order valence-electron chi connectivity index (χ2n) is 6.30. The molecule has 3 nitrogen and oxygen atoms in total. The zero-order valence-corrected chi connectivity index (χ0v) is 13.2. The average molecular weight is 275 g/mol. The van der Waals surface area contributed by atoms with Gasteiger partial charge in [0.2, 0.25) is 0 Å². The molecule has 3 heteroatoms. The first-order valence-corrected chi connectivity index (χ1v) is 8.14. The Morgan fingerprint density at radius 2 is 2.20 bits per heavy atom. The number of piperidine rings is 1. The van der Waals surface area contributed by atoms with Crippen LogP contribution in [-0.2, 0) is 0 Å². The van der Waals surface area contributed by atoms with Crippen LogP contribution in [-0.4, -0.2) is 29.5 Å². The molecular formula is C17H29N3. The molecule has 2 heterocycles. The Balaban J connectivity index is 2.00. The number of hydrogen-bond acceptors (Lipinski definition) is 3. The number of aromatic nitrogens is 1. The minimum atomic E-state index is 0.579. The number of nitrogens with zero attached hydrogens (tertiary/aromatic N) is 2. The number of hydrogen-bond donors (Lipinski definition) is 1. The van der Waals surface area contributed by atoms with E-state index in [2.05, 4.69) is 54.3 Å². The van der Waals surface area contributed by atoms with Crippen LogP contribution >= 0.6 is 0 Å². The number of rotatable bonds is 6. The zero-order chi connectivity index (χ0) is 14.4. The molecule has 1 aromatic heterocycles. The normalized spacial score (nSPS) is 20.3. The summed E-state index contributed by atoms with van der Waals surface area (Å²) in [5.74, 6) is 1.65. The Labute approximate surface area is 123 Å². The highest BCUT2D eigenvalue weighted by Gasteiger charge is 2.23. The molecule has 0 saturated carbocycles. The van der Waals surface area contributed by atoms with Gasteiger partial charge in [-0.25, -0.2) is 4.98 Å². The van der Waals surface area contributed by atoms with E-state index in [-0.39, 0.29) is 0 Å². The molecule has 1 unspecified atom stereocenters. The summed E-state index contributed by atoms with van der Waals surface area (Å²) < 4.78 is 0. The van der Waals surface area contributed by atoms with Crippen LogP contribution in [0.3, 0.4) is 0 Å². The van der Waals surface area contributed by atoms with Crippen LogP contribution < -0.4 is 5.32 Å². The highest BCUT2D eigenvalue weighted by molar-refractivity contribution is 5.36. The number of anilines is 1. The van der Waals surface area contributed by atoms with E-state index in [0.717, 1.165) is 12.4 Å². The van der Waals surface area contributed by atoms with Gasteiger partial charge in [0.25, 0.3) is 0 Å². The Morgan fingerprint density at radius 1 is 1.35 bits per heavy atom. The minimum absolute atomic E-state index is 0.579. The summed E-state index contributed by atoms with van der Waals surface area (Å²) in [6.45, 7) is 10.1. The maximum absolute atomic E-state index is 4.58. The van der Waals surface area contributed by atoms with E-state index in [4.69, 9.17) is 0 Å². The molecule has 0 aromatic carbocycles. The van der Waals surface area contributed by atoms with Crippen molar-refractivity contribution in [1.82, 2.24) is 9.88 Å². The number of nitrogens with one attached hydrogen (secondary N) is 1. The fourth-order valence-electron chi connectivity index (χ4n) is 2.94. The van der Waals surface area contributed by atoms with Crippen molar-refractivity contribution in [2.24, 2.45) is 5.92 Å². The lowest BCUT2D eigenvalue weighted by molar-refractivity contribution is 0.149. The highest BCUT2D eigenvalue weighted by Crippen LogP contribution is 2.30. The van der Waals surface area contributed by atoms with E-state index in [9.17, 15) is 0 Å². The van der Waals surface area contributed by atoms with E-state index in [1.165, 1.54) is 44.3 Å². The van der Waals surface area contributed by atoms with E-state index < -0.39 is 0 Å². The van der Waals surface area contributed by atoms with Crippen LogP contribution in [0, 0.1) is 5.92 Å². The summed E-state index contributed by atoms with van der Waals surface area (Å²) in [6.07, 6.45) is 7.27. The Morgan fingerprint density at radius 3 is 2.85 bits per heavy atom. The Kier molecular flexibility index (Phi) is 5.84. The monoisotopic (exact) mass is 275 g/mol. The van der Waals surface area contributed by atoms with Gasteiger partial charge in [-0.05, 0) is 49.9 Å². The first-order valence-electron chi connectivity index (χ1n) is 8.14. The molecule has 0 spiro atoms. The van der Waals surface area contributed by atoms with Crippen molar-refractivity contribution < 1.29 is 0 Å². The fraction of sp³-hybridized carbons (Fsp3) is 0.706. The van der Waals surface area contributed by atoms with E-state index in [0.29, 0.717) is 12.0 Å². The van der Waals surface area contributed by atoms with Crippen molar-refractivity contribution in [3.8, 4) is 0 Å². The molecule has 2 rings (SSSR count). The van der Waals surface area contributed by atoms with Gasteiger partial charge in [-0.2, -0.15) is 0 Å². The fourth-order valence-corrected chi connectivity index (χ4v) is 2.94. The summed E-state index contributed by atoms with van der Waals surface area (Å²) in [4.78, 5) is 7.21. The lowest BCUT2D eigenvalue weighted by Gasteiger charge is -2.35. The molecule has 20 heavy (non-hydrogen) atoms. The Hall–Kier alpha value is -1.09. The van der Waals surface area contributed by atoms with Gasteiger partial charge in [-0.3, -0.25) is 4.90 Å². The second kappa shape index (κ2) is 7.63. The molecular weight excluding hydrogens is 246 g/mol. The van der Waals surface area contributed by atoms with Gasteiger partial charge in [0.05, 0.1) is 0 Å². The largest absolute Gasteiger partial charge is 0.370 e. The van der Waals surface area contributed by atoms with E-state index in [1.54, 1.807) is 0 Å². The molecule has 1 fully saturated rings. The first kappa shape index (κ1) is 15.3. The third kappa shape index (κ3) is 4.20. The maximum atomic E-state index is 4.58. The molecule has 1 saturated heterocycles. The van der Waals surface area contributed by atoms with Gasteiger partial charge in [0.15, 0.2) is 0 Å². The highest BCUT2D eigenvalue weighted by atomic mass is 15.2. The van der Waals surface area contributed by atoms with Gasteiger partial charge in [-0.15, -0.1) is 0 Å². The molecule has 0 amide bonds. The van der Waals surface area contributed by atoms with Crippen molar-refractivity contribution >= 4 is 5.82 Å². The average Bonchev–Trinajstić information content (AvgIpc) is 2.47. The lowest BCUT2D eigenvalue weighted by atomic mass is 9.96. The Bertz CT molecular complexity index is 384. The van der Waals surface area contributed by atoms with Crippen LogP contribution in [0.15, 0.2) is 18.3 Å². The third-order valence-electron chi connectivity index (χ3n) is 3.99. The quantitative estimate of drug-likeness (QED) is 0.847. The predicted molar refractivity (Wildman–Crippen MR) is 86.0 cm³/mol. The van der Waals surface area contributed by atoms with Crippen molar-refractivity contribution in [1.29, 1.82) is 0 Å². The first-order chi connectivity index (χ1) is 9.70.